The van der Waals surface area contributed by atoms with E-state index in [1.807, 2.05) is 6.07 Å². The van der Waals surface area contributed by atoms with Gasteiger partial charge >= 0.3 is 16.4 Å². The van der Waals surface area contributed by atoms with Crippen LogP contribution in [0.15, 0.2) is 30.3 Å². The second-order valence-corrected chi connectivity index (χ2v) is 14.6. The highest BCUT2D eigenvalue weighted by atomic mass is 32.3. The molecule has 0 bridgehead atoms. The number of aliphatic hydroxyl groups is 7. The molecule has 4 aliphatic heterocycles. The van der Waals surface area contributed by atoms with E-state index in [0.717, 1.165) is 5.56 Å². The van der Waals surface area contributed by atoms with Gasteiger partial charge in [-0.25, -0.2) is 8.98 Å². The quantitative estimate of drug-likeness (QED) is 0.0718. The van der Waals surface area contributed by atoms with Crippen LogP contribution in [0, 0.1) is 5.92 Å². The Hall–Kier alpha value is -2.08. The van der Waals surface area contributed by atoms with Crippen LogP contribution in [0.4, 0.5) is 0 Å². The standard InChI is InChI=1S/C32H48O22S/c1-14-23(37)24(38)19(12-49-55(42,43)44)53-30(14)52-18-10-47-32(26(40)25(18)39)54-28-16(34)7-22(50-17(28)8-33)51-20-11-46-31(48-13-21(35)36)27(41)29(20)45-9-15-5-3-2-4-6-15/h2-6,14,16-20,22-34,37-41H,7-13H2,1H3,(H,35,36)(H,42,43,44)/t14?,16-,17?,18-,19?,20-,22-,23-,24-,25-,26?,27?,28+,29-,30-,31+,32+/m1/s1. The summed E-state index contributed by atoms with van der Waals surface area (Å²) in [4.78, 5) is 11.0. The monoisotopic (exact) mass is 816 g/mol. The first-order valence-corrected chi connectivity index (χ1v) is 18.7. The molecule has 0 saturated carbocycles. The van der Waals surface area contributed by atoms with Crippen LogP contribution >= 0.6 is 0 Å². The van der Waals surface area contributed by atoms with Crippen molar-refractivity contribution in [1.82, 2.24) is 0 Å². The molecule has 314 valence electrons. The number of carboxylic acids is 1. The van der Waals surface area contributed by atoms with Gasteiger partial charge in [-0.1, -0.05) is 37.3 Å². The molecule has 0 radical (unpaired) electrons. The van der Waals surface area contributed by atoms with Crippen LogP contribution in [0.3, 0.4) is 0 Å². The van der Waals surface area contributed by atoms with E-state index in [4.69, 9.17) is 52.3 Å². The fraction of sp³-hybridized carbons (Fsp3) is 0.781. The molecule has 4 saturated heterocycles. The molecule has 23 heteroatoms. The number of aliphatic carboxylic acids is 1. The number of benzene rings is 1. The van der Waals surface area contributed by atoms with Gasteiger partial charge in [-0.05, 0) is 5.56 Å². The average molecular weight is 817 g/mol. The van der Waals surface area contributed by atoms with Gasteiger partial charge in [0.1, 0.15) is 67.6 Å². The SMILES string of the molecule is CC1[C@H](O[C@@H]2CO[C@@H](O[C@@H]3C(CO)O[C@H](O[C@@H]4CO[C@@H](OCC(=O)O)C(O)[C@@H]4OCc4ccccc4)C[C@H]3O)C(O)[C@@H]2O)OC(COS(=O)(=O)O)[C@@H](O)[C@@H]1O. The van der Waals surface area contributed by atoms with Gasteiger partial charge in [-0.3, -0.25) is 4.55 Å². The van der Waals surface area contributed by atoms with Gasteiger partial charge in [0.2, 0.25) is 0 Å². The molecule has 0 spiro atoms. The molecular formula is C32H48O22S. The van der Waals surface area contributed by atoms with Crippen molar-refractivity contribution in [3.8, 4) is 0 Å². The van der Waals surface area contributed by atoms with Crippen molar-refractivity contribution in [2.45, 2.75) is 118 Å². The summed E-state index contributed by atoms with van der Waals surface area (Å²) in [6.45, 7) is -1.56. The number of hydrogen-bond acceptors (Lipinski definition) is 20. The lowest BCUT2D eigenvalue weighted by molar-refractivity contribution is -0.359. The number of carbonyl (C=O) groups is 1. The first kappa shape index (κ1) is 44.0. The molecule has 4 fully saturated rings. The first-order valence-electron chi connectivity index (χ1n) is 17.4. The van der Waals surface area contributed by atoms with Gasteiger partial charge < -0.3 is 83.5 Å². The van der Waals surface area contributed by atoms with Gasteiger partial charge in [0.05, 0.1) is 45.2 Å². The van der Waals surface area contributed by atoms with Crippen LogP contribution in [0.5, 0.6) is 0 Å². The van der Waals surface area contributed by atoms with Gasteiger partial charge in [0, 0.05) is 12.3 Å². The minimum atomic E-state index is -4.91. The molecule has 0 aliphatic carbocycles. The van der Waals surface area contributed by atoms with Crippen LogP contribution in [0.25, 0.3) is 0 Å². The lowest BCUT2D eigenvalue weighted by Crippen LogP contribution is -2.62. The number of carboxylic acid groups (broad SMARTS) is 1. The van der Waals surface area contributed by atoms with E-state index < -0.39 is 147 Å². The van der Waals surface area contributed by atoms with E-state index in [2.05, 4.69) is 4.18 Å². The van der Waals surface area contributed by atoms with Gasteiger partial charge in [-0.2, -0.15) is 8.42 Å². The molecule has 22 nitrogen and oxygen atoms in total. The van der Waals surface area contributed by atoms with Crippen molar-refractivity contribution in [3.05, 3.63) is 35.9 Å². The van der Waals surface area contributed by atoms with Crippen LogP contribution in [0.2, 0.25) is 0 Å². The molecular weight excluding hydrogens is 768 g/mol. The second-order valence-electron chi connectivity index (χ2n) is 13.5. The molecule has 5 unspecified atom stereocenters. The Morgan fingerprint density at radius 1 is 0.782 bits per heavy atom. The zero-order chi connectivity index (χ0) is 40.0. The lowest BCUT2D eigenvalue weighted by Gasteiger charge is -2.46. The third kappa shape index (κ3) is 11.5. The van der Waals surface area contributed by atoms with Crippen LogP contribution in [0.1, 0.15) is 18.9 Å². The Labute approximate surface area is 314 Å². The van der Waals surface area contributed by atoms with Crippen LogP contribution in [-0.4, -0.2) is 191 Å². The zero-order valence-electron chi connectivity index (χ0n) is 29.4. The van der Waals surface area contributed by atoms with E-state index in [9.17, 15) is 49.0 Å². The highest BCUT2D eigenvalue weighted by Crippen LogP contribution is 2.33. The zero-order valence-corrected chi connectivity index (χ0v) is 30.2. The molecule has 4 aliphatic rings. The Morgan fingerprint density at radius 3 is 2.15 bits per heavy atom. The number of ether oxygens (including phenoxy) is 9. The molecule has 5 rings (SSSR count). The van der Waals surface area contributed by atoms with Crippen molar-refractivity contribution < 1.29 is 105 Å². The summed E-state index contributed by atoms with van der Waals surface area (Å²) < 4.78 is 86.4. The lowest BCUT2D eigenvalue weighted by atomic mass is 9.92. The van der Waals surface area contributed by atoms with Crippen LogP contribution < -0.4 is 0 Å². The third-order valence-corrected chi connectivity index (χ3v) is 9.93. The van der Waals surface area contributed by atoms with Crippen molar-refractivity contribution in [1.29, 1.82) is 0 Å². The van der Waals surface area contributed by atoms with Gasteiger partial charge in [0.25, 0.3) is 0 Å². The maximum Gasteiger partial charge on any atom is 0.397 e. The van der Waals surface area contributed by atoms with Crippen molar-refractivity contribution in [2.75, 3.05) is 33.0 Å². The highest BCUT2D eigenvalue weighted by Gasteiger charge is 2.50. The summed E-state index contributed by atoms with van der Waals surface area (Å²) in [6, 6.07) is 8.97. The molecule has 0 amide bonds. The smallest absolute Gasteiger partial charge is 0.397 e. The Balaban J connectivity index is 1.17. The summed E-state index contributed by atoms with van der Waals surface area (Å²) in [5.74, 6) is -2.22. The number of aliphatic hydroxyl groups excluding tert-OH is 7. The summed E-state index contributed by atoms with van der Waals surface area (Å²) in [5, 5.41) is 83.9. The van der Waals surface area contributed by atoms with Crippen molar-refractivity contribution in [3.63, 3.8) is 0 Å². The number of rotatable bonds is 16. The summed E-state index contributed by atoms with van der Waals surface area (Å²) in [5.41, 5.74) is 0.760. The second kappa shape index (κ2) is 19.6. The normalized spacial score (nSPS) is 41.5. The van der Waals surface area contributed by atoms with E-state index in [1.165, 1.54) is 6.92 Å². The minimum Gasteiger partial charge on any atom is -0.480 e. The third-order valence-electron chi connectivity index (χ3n) is 9.50. The van der Waals surface area contributed by atoms with E-state index in [1.54, 1.807) is 24.3 Å². The minimum absolute atomic E-state index is 0.0309. The Bertz CT molecular complexity index is 1460. The molecule has 9 N–H and O–H groups in total. The van der Waals surface area contributed by atoms with Crippen molar-refractivity contribution >= 4 is 16.4 Å². The molecule has 0 aromatic heterocycles. The molecule has 1 aromatic carbocycles. The maximum atomic E-state index is 11.1. The Morgan fingerprint density at radius 2 is 1.47 bits per heavy atom. The molecule has 4 heterocycles. The summed E-state index contributed by atoms with van der Waals surface area (Å²) in [6.07, 6.45) is -22.9. The van der Waals surface area contributed by atoms with E-state index >= 15 is 0 Å². The highest BCUT2D eigenvalue weighted by molar-refractivity contribution is 7.80. The maximum absolute atomic E-state index is 11.1. The predicted molar refractivity (Wildman–Crippen MR) is 174 cm³/mol. The molecule has 17 atom stereocenters. The van der Waals surface area contributed by atoms with Crippen LogP contribution in [-0.2, 0) is 68.6 Å². The first-order chi connectivity index (χ1) is 26.1. The summed E-state index contributed by atoms with van der Waals surface area (Å²) in [7, 11) is -4.91. The fourth-order valence-corrected chi connectivity index (χ4v) is 6.82. The Kier molecular flexibility index (Phi) is 15.7. The molecule has 55 heavy (non-hydrogen) atoms. The molecule has 1 aromatic rings. The number of hydrogen-bond donors (Lipinski definition) is 9. The van der Waals surface area contributed by atoms with E-state index in [-0.39, 0.29) is 19.6 Å². The average Bonchev–Trinajstić information content (AvgIpc) is 3.14. The largest absolute Gasteiger partial charge is 0.480 e. The predicted octanol–water partition coefficient (Wildman–Crippen LogP) is -4.01. The van der Waals surface area contributed by atoms with Gasteiger partial charge in [-0.15, -0.1) is 0 Å². The topological polar surface area (TPSA) is 326 Å². The summed E-state index contributed by atoms with van der Waals surface area (Å²) >= 11 is 0. The van der Waals surface area contributed by atoms with E-state index in [0.29, 0.717) is 0 Å². The van der Waals surface area contributed by atoms with Gasteiger partial charge in [0.15, 0.2) is 25.2 Å². The van der Waals surface area contributed by atoms with Crippen molar-refractivity contribution in [2.24, 2.45) is 5.92 Å². The fourth-order valence-electron chi connectivity index (χ4n) is 6.51.